The number of amides is 2. The number of anilines is 1. The monoisotopic (exact) mass is 423 g/mol. The van der Waals surface area contributed by atoms with Crippen LogP contribution in [-0.2, 0) is 14.3 Å². The normalized spacial score (nSPS) is 18.0. The van der Waals surface area contributed by atoms with E-state index in [-0.39, 0.29) is 30.8 Å². The Balaban J connectivity index is 1.50. The number of fused-ring (bicyclic) bond motifs is 1. The number of morpholine rings is 1. The fourth-order valence-electron chi connectivity index (χ4n) is 3.95. The Labute approximate surface area is 182 Å². The van der Waals surface area contributed by atoms with Crippen LogP contribution in [0.15, 0.2) is 48.5 Å². The summed E-state index contributed by atoms with van der Waals surface area (Å²) in [5.41, 5.74) is 2.86. The lowest BCUT2D eigenvalue weighted by Gasteiger charge is -2.31. The van der Waals surface area contributed by atoms with Gasteiger partial charge in [-0.2, -0.15) is 0 Å². The van der Waals surface area contributed by atoms with Crippen LogP contribution in [-0.4, -0.2) is 62.7 Å². The number of nitrogens with zero attached hydrogens (tertiary/aromatic N) is 2. The van der Waals surface area contributed by atoms with Gasteiger partial charge in [-0.05, 0) is 24.6 Å². The summed E-state index contributed by atoms with van der Waals surface area (Å²) < 4.78 is 11.1. The molecule has 1 saturated heterocycles. The van der Waals surface area contributed by atoms with E-state index < -0.39 is 0 Å². The molecular weight excluding hydrogens is 394 g/mol. The number of hydrogen-bond donors (Lipinski definition) is 1. The zero-order chi connectivity index (χ0) is 21.6. The van der Waals surface area contributed by atoms with Gasteiger partial charge in [-0.3, -0.25) is 19.4 Å². The first-order valence-corrected chi connectivity index (χ1v) is 10.8. The molecule has 0 bridgehead atoms. The van der Waals surface area contributed by atoms with E-state index in [1.54, 1.807) is 0 Å². The van der Waals surface area contributed by atoms with Gasteiger partial charge in [0.05, 0.1) is 38.0 Å². The number of benzene rings is 2. The number of ether oxygens (including phenoxy) is 2. The van der Waals surface area contributed by atoms with Crippen molar-refractivity contribution in [3.05, 3.63) is 59.7 Å². The quantitative estimate of drug-likeness (QED) is 0.772. The van der Waals surface area contributed by atoms with Gasteiger partial charge < -0.3 is 14.8 Å². The van der Waals surface area contributed by atoms with Gasteiger partial charge in [0.25, 0.3) is 0 Å². The predicted octanol–water partition coefficient (Wildman–Crippen LogP) is 2.30. The molecule has 164 valence electrons. The summed E-state index contributed by atoms with van der Waals surface area (Å²) in [5.74, 6) is 0.327. The number of carbonyl (C=O) groups is 2. The van der Waals surface area contributed by atoms with Crippen LogP contribution in [0.25, 0.3) is 0 Å². The highest BCUT2D eigenvalue weighted by molar-refractivity contribution is 6.00. The molecule has 4 rings (SSSR count). The van der Waals surface area contributed by atoms with E-state index in [9.17, 15) is 9.59 Å². The third-order valence-corrected chi connectivity index (χ3v) is 5.69. The average Bonchev–Trinajstić information content (AvgIpc) is 2.93. The Morgan fingerprint density at radius 3 is 2.58 bits per heavy atom. The van der Waals surface area contributed by atoms with Gasteiger partial charge in [0, 0.05) is 19.6 Å². The zero-order valence-corrected chi connectivity index (χ0v) is 17.9. The lowest BCUT2D eigenvalue weighted by Crippen LogP contribution is -2.46. The molecule has 0 saturated carbocycles. The molecule has 31 heavy (non-hydrogen) atoms. The van der Waals surface area contributed by atoms with Crippen molar-refractivity contribution < 1.29 is 19.1 Å². The standard InChI is InChI=1S/C24H29N3O4/c1-18-6-8-19(9-7-18)20(16-26-11-14-30-15-12-26)25-23(28)17-27-21-4-2-3-5-22(21)31-13-10-24(27)29/h2-9,20H,10-17H2,1H3,(H,25,28). The van der Waals surface area contributed by atoms with Crippen LogP contribution in [0.1, 0.15) is 23.6 Å². The molecule has 2 amide bonds. The minimum atomic E-state index is -0.191. The minimum absolute atomic E-state index is 0.0370. The molecule has 1 fully saturated rings. The van der Waals surface area contributed by atoms with Crippen molar-refractivity contribution in [2.75, 3.05) is 50.9 Å². The summed E-state index contributed by atoms with van der Waals surface area (Å²) >= 11 is 0. The van der Waals surface area contributed by atoms with Gasteiger partial charge in [-0.1, -0.05) is 42.0 Å². The predicted molar refractivity (Wildman–Crippen MR) is 118 cm³/mol. The van der Waals surface area contributed by atoms with Gasteiger partial charge in [0.2, 0.25) is 11.8 Å². The molecular formula is C24H29N3O4. The lowest BCUT2D eigenvalue weighted by molar-refractivity contribution is -0.124. The summed E-state index contributed by atoms with van der Waals surface area (Å²) in [4.78, 5) is 29.6. The Kier molecular flexibility index (Phi) is 6.84. The van der Waals surface area contributed by atoms with Crippen LogP contribution < -0.4 is 15.0 Å². The second kappa shape index (κ2) is 9.94. The molecule has 1 atom stereocenters. The highest BCUT2D eigenvalue weighted by Crippen LogP contribution is 2.30. The summed E-state index contributed by atoms with van der Waals surface area (Å²) in [7, 11) is 0. The maximum Gasteiger partial charge on any atom is 0.240 e. The van der Waals surface area contributed by atoms with Gasteiger partial charge in [0.15, 0.2) is 0 Å². The molecule has 1 N–H and O–H groups in total. The molecule has 0 aromatic heterocycles. The van der Waals surface area contributed by atoms with Crippen molar-refractivity contribution in [1.29, 1.82) is 0 Å². The first kappa shape index (κ1) is 21.3. The first-order valence-electron chi connectivity index (χ1n) is 10.8. The minimum Gasteiger partial charge on any atom is -0.491 e. The molecule has 0 spiro atoms. The molecule has 0 radical (unpaired) electrons. The van der Waals surface area contributed by atoms with Crippen molar-refractivity contribution in [2.45, 2.75) is 19.4 Å². The fraction of sp³-hybridized carbons (Fsp3) is 0.417. The van der Waals surface area contributed by atoms with E-state index in [1.165, 1.54) is 10.5 Å². The summed E-state index contributed by atoms with van der Waals surface area (Å²) in [6.45, 7) is 6.11. The van der Waals surface area contributed by atoms with E-state index >= 15 is 0 Å². The number of aryl methyl sites for hydroxylation is 1. The molecule has 0 aliphatic carbocycles. The van der Waals surface area contributed by atoms with E-state index in [0.717, 1.165) is 18.7 Å². The van der Waals surface area contributed by atoms with Crippen molar-refractivity contribution >= 4 is 17.5 Å². The molecule has 1 unspecified atom stereocenters. The molecule has 7 heteroatoms. The fourth-order valence-corrected chi connectivity index (χ4v) is 3.95. The van der Waals surface area contributed by atoms with Crippen LogP contribution in [0.2, 0.25) is 0 Å². The van der Waals surface area contributed by atoms with Gasteiger partial charge in [-0.15, -0.1) is 0 Å². The third-order valence-electron chi connectivity index (χ3n) is 5.69. The van der Waals surface area contributed by atoms with Crippen LogP contribution in [0.3, 0.4) is 0 Å². The maximum absolute atomic E-state index is 13.1. The van der Waals surface area contributed by atoms with Gasteiger partial charge >= 0.3 is 0 Å². The Hall–Kier alpha value is -2.90. The second-order valence-electron chi connectivity index (χ2n) is 7.99. The zero-order valence-electron chi connectivity index (χ0n) is 17.9. The Bertz CT molecular complexity index is 909. The summed E-state index contributed by atoms with van der Waals surface area (Å²) in [6, 6.07) is 15.4. The van der Waals surface area contributed by atoms with Crippen LogP contribution in [0, 0.1) is 6.92 Å². The third kappa shape index (κ3) is 5.42. The number of rotatable bonds is 6. The van der Waals surface area contributed by atoms with Crippen LogP contribution in [0.5, 0.6) is 5.75 Å². The van der Waals surface area contributed by atoms with Gasteiger partial charge in [0.1, 0.15) is 12.3 Å². The van der Waals surface area contributed by atoms with Crippen molar-refractivity contribution in [1.82, 2.24) is 10.2 Å². The number of hydrogen-bond acceptors (Lipinski definition) is 5. The number of carbonyl (C=O) groups excluding carboxylic acids is 2. The Morgan fingerprint density at radius 1 is 1.06 bits per heavy atom. The smallest absolute Gasteiger partial charge is 0.240 e. The average molecular weight is 424 g/mol. The highest BCUT2D eigenvalue weighted by atomic mass is 16.5. The topological polar surface area (TPSA) is 71.1 Å². The molecule has 2 aliphatic heterocycles. The van der Waals surface area contributed by atoms with Crippen molar-refractivity contribution in [2.24, 2.45) is 0 Å². The van der Waals surface area contributed by atoms with E-state index in [2.05, 4.69) is 34.5 Å². The largest absolute Gasteiger partial charge is 0.491 e. The Morgan fingerprint density at radius 2 is 1.81 bits per heavy atom. The van der Waals surface area contributed by atoms with E-state index in [0.29, 0.717) is 37.8 Å². The van der Waals surface area contributed by atoms with E-state index in [4.69, 9.17) is 9.47 Å². The first-order chi connectivity index (χ1) is 15.1. The van der Waals surface area contributed by atoms with Crippen LogP contribution >= 0.6 is 0 Å². The number of para-hydroxylation sites is 2. The van der Waals surface area contributed by atoms with Crippen molar-refractivity contribution in [3.63, 3.8) is 0 Å². The van der Waals surface area contributed by atoms with Gasteiger partial charge in [-0.25, -0.2) is 0 Å². The number of nitrogens with one attached hydrogen (secondary N) is 1. The van der Waals surface area contributed by atoms with E-state index in [1.807, 2.05) is 31.2 Å². The second-order valence-corrected chi connectivity index (χ2v) is 7.99. The highest BCUT2D eigenvalue weighted by Gasteiger charge is 2.27. The maximum atomic E-state index is 13.1. The molecule has 2 heterocycles. The lowest BCUT2D eigenvalue weighted by atomic mass is 10.0. The summed E-state index contributed by atoms with van der Waals surface area (Å²) in [5, 5.41) is 3.16. The van der Waals surface area contributed by atoms with Crippen molar-refractivity contribution in [3.8, 4) is 5.75 Å². The molecule has 7 nitrogen and oxygen atoms in total. The molecule has 2 aromatic carbocycles. The summed E-state index contributed by atoms with van der Waals surface area (Å²) in [6.07, 6.45) is 0.247. The molecule has 2 aliphatic rings. The van der Waals surface area contributed by atoms with Crippen LogP contribution in [0.4, 0.5) is 5.69 Å². The SMILES string of the molecule is Cc1ccc(C(CN2CCOCC2)NC(=O)CN2C(=O)CCOc3ccccc32)cc1. The molecule has 2 aromatic rings.